The van der Waals surface area contributed by atoms with Gasteiger partial charge in [0.15, 0.2) is 0 Å². The average molecular weight is 348 g/mol. The van der Waals surface area contributed by atoms with Crippen molar-refractivity contribution in [1.82, 2.24) is 0 Å². The largest absolute Gasteiger partial charge is 0.485 e. The van der Waals surface area contributed by atoms with Crippen LogP contribution < -0.4 is 10.5 Å². The molecule has 0 aliphatic carbocycles. The van der Waals surface area contributed by atoms with E-state index in [1.165, 1.54) is 0 Å². The van der Waals surface area contributed by atoms with Crippen molar-refractivity contribution >= 4 is 15.9 Å². The third-order valence-electron chi connectivity index (χ3n) is 3.77. The predicted octanol–water partition coefficient (Wildman–Crippen LogP) is 4.12. The van der Waals surface area contributed by atoms with Crippen LogP contribution in [0.25, 0.3) is 0 Å². The number of benzene rings is 2. The standard InChI is InChI=1S/C17H18BrNO2/c1-20-10-11-2-4-12(5-3-11)16-9-15(19)14-7-6-13(18)8-17(14)21-16/h2-8,15-16H,9-10,19H2,1H3. The highest BCUT2D eigenvalue weighted by Crippen LogP contribution is 2.40. The van der Waals surface area contributed by atoms with Gasteiger partial charge < -0.3 is 15.2 Å². The minimum atomic E-state index is -0.00149. The van der Waals surface area contributed by atoms with Gasteiger partial charge in [-0.2, -0.15) is 0 Å². The first-order valence-corrected chi connectivity index (χ1v) is 7.76. The summed E-state index contributed by atoms with van der Waals surface area (Å²) in [5, 5.41) is 0. The van der Waals surface area contributed by atoms with Gasteiger partial charge in [-0.1, -0.05) is 46.3 Å². The van der Waals surface area contributed by atoms with Crippen molar-refractivity contribution in [2.24, 2.45) is 5.73 Å². The average Bonchev–Trinajstić information content (AvgIpc) is 2.48. The first-order valence-electron chi connectivity index (χ1n) is 6.97. The third kappa shape index (κ3) is 3.12. The van der Waals surface area contributed by atoms with Gasteiger partial charge in [0.2, 0.25) is 0 Å². The van der Waals surface area contributed by atoms with E-state index in [0.29, 0.717) is 6.61 Å². The van der Waals surface area contributed by atoms with E-state index >= 15 is 0 Å². The van der Waals surface area contributed by atoms with Crippen LogP contribution >= 0.6 is 15.9 Å². The highest BCUT2D eigenvalue weighted by molar-refractivity contribution is 9.10. The molecule has 0 amide bonds. The Kier molecular flexibility index (Phi) is 4.29. The Balaban J connectivity index is 1.84. The minimum absolute atomic E-state index is 0.00149. The normalized spacial score (nSPS) is 20.7. The van der Waals surface area contributed by atoms with Gasteiger partial charge in [0.05, 0.1) is 6.61 Å². The van der Waals surface area contributed by atoms with Gasteiger partial charge >= 0.3 is 0 Å². The molecule has 0 saturated heterocycles. The fourth-order valence-corrected chi connectivity index (χ4v) is 3.01. The number of ether oxygens (including phenoxy) is 2. The zero-order valence-corrected chi connectivity index (χ0v) is 13.5. The van der Waals surface area contributed by atoms with Gasteiger partial charge in [-0.3, -0.25) is 0 Å². The molecule has 3 nitrogen and oxygen atoms in total. The maximum atomic E-state index is 6.29. The van der Waals surface area contributed by atoms with Crippen molar-refractivity contribution < 1.29 is 9.47 Å². The summed E-state index contributed by atoms with van der Waals surface area (Å²) in [6.45, 7) is 0.626. The molecule has 1 aliphatic heterocycles. The van der Waals surface area contributed by atoms with Crippen LogP contribution in [0.2, 0.25) is 0 Å². The van der Waals surface area contributed by atoms with E-state index in [2.05, 4.69) is 40.2 Å². The van der Waals surface area contributed by atoms with Crippen LogP contribution in [0.3, 0.4) is 0 Å². The molecule has 0 fully saturated rings. The molecule has 2 unspecified atom stereocenters. The summed E-state index contributed by atoms with van der Waals surface area (Å²) < 4.78 is 12.3. The van der Waals surface area contributed by atoms with E-state index in [-0.39, 0.29) is 12.1 Å². The number of nitrogens with two attached hydrogens (primary N) is 1. The molecule has 1 aliphatic rings. The summed E-state index contributed by atoms with van der Waals surface area (Å²) in [5.41, 5.74) is 9.67. The molecule has 2 N–H and O–H groups in total. The third-order valence-corrected chi connectivity index (χ3v) is 4.27. The molecule has 1 heterocycles. The van der Waals surface area contributed by atoms with Gasteiger partial charge in [0.1, 0.15) is 11.9 Å². The molecule has 0 radical (unpaired) electrons. The van der Waals surface area contributed by atoms with Gasteiger partial charge in [0, 0.05) is 29.6 Å². The maximum Gasteiger partial charge on any atom is 0.126 e. The molecule has 0 bridgehead atoms. The Labute approximate surface area is 133 Å². The molecule has 2 aromatic rings. The Morgan fingerprint density at radius 1 is 1.24 bits per heavy atom. The van der Waals surface area contributed by atoms with E-state index in [1.54, 1.807) is 7.11 Å². The molecule has 3 rings (SSSR count). The van der Waals surface area contributed by atoms with Crippen LogP contribution in [0.15, 0.2) is 46.9 Å². The molecule has 2 aromatic carbocycles. The van der Waals surface area contributed by atoms with Crippen molar-refractivity contribution in [2.45, 2.75) is 25.2 Å². The summed E-state index contributed by atoms with van der Waals surface area (Å²) in [6, 6.07) is 14.4. The highest BCUT2D eigenvalue weighted by atomic mass is 79.9. The quantitative estimate of drug-likeness (QED) is 0.908. The van der Waals surface area contributed by atoms with Crippen LogP contribution in [0.4, 0.5) is 0 Å². The highest BCUT2D eigenvalue weighted by Gasteiger charge is 2.27. The SMILES string of the molecule is COCc1ccc(C2CC(N)c3ccc(Br)cc3O2)cc1. The first kappa shape index (κ1) is 14.6. The zero-order chi connectivity index (χ0) is 14.8. The molecule has 4 heteroatoms. The fraction of sp³-hybridized carbons (Fsp3) is 0.294. The molecule has 21 heavy (non-hydrogen) atoms. The Bertz CT molecular complexity index is 627. The molecular formula is C17H18BrNO2. The Morgan fingerprint density at radius 3 is 2.71 bits per heavy atom. The minimum Gasteiger partial charge on any atom is -0.485 e. The number of methoxy groups -OCH3 is 1. The van der Waals surface area contributed by atoms with E-state index in [9.17, 15) is 0 Å². The number of rotatable bonds is 3. The lowest BCUT2D eigenvalue weighted by atomic mass is 9.93. The number of hydrogen-bond donors (Lipinski definition) is 1. The molecule has 110 valence electrons. The van der Waals surface area contributed by atoms with E-state index in [0.717, 1.165) is 33.3 Å². The number of halogens is 1. The second-order valence-electron chi connectivity index (χ2n) is 5.31. The van der Waals surface area contributed by atoms with Gasteiger partial charge in [-0.05, 0) is 23.3 Å². The second-order valence-corrected chi connectivity index (χ2v) is 6.22. The zero-order valence-electron chi connectivity index (χ0n) is 11.9. The summed E-state index contributed by atoms with van der Waals surface area (Å²) in [5.74, 6) is 0.870. The monoisotopic (exact) mass is 347 g/mol. The van der Waals surface area contributed by atoms with Crippen LogP contribution in [0, 0.1) is 0 Å². The van der Waals surface area contributed by atoms with Crippen LogP contribution in [0.5, 0.6) is 5.75 Å². The maximum absolute atomic E-state index is 6.29. The second kappa shape index (κ2) is 6.18. The molecule has 0 aromatic heterocycles. The van der Waals surface area contributed by atoms with E-state index in [4.69, 9.17) is 15.2 Å². The van der Waals surface area contributed by atoms with E-state index in [1.807, 2.05) is 18.2 Å². The molecule has 0 spiro atoms. The smallest absolute Gasteiger partial charge is 0.126 e. The molecule has 2 atom stereocenters. The Morgan fingerprint density at radius 2 is 2.00 bits per heavy atom. The van der Waals surface area contributed by atoms with Crippen LogP contribution in [-0.2, 0) is 11.3 Å². The van der Waals surface area contributed by atoms with E-state index < -0.39 is 0 Å². The molecule has 0 saturated carbocycles. The van der Waals surface area contributed by atoms with Gasteiger partial charge in [0.25, 0.3) is 0 Å². The Hall–Kier alpha value is -1.36. The van der Waals surface area contributed by atoms with Crippen molar-refractivity contribution in [3.63, 3.8) is 0 Å². The summed E-state index contributed by atoms with van der Waals surface area (Å²) in [4.78, 5) is 0. The topological polar surface area (TPSA) is 44.5 Å². The van der Waals surface area contributed by atoms with Crippen molar-refractivity contribution in [1.29, 1.82) is 0 Å². The lowest BCUT2D eigenvalue weighted by molar-refractivity contribution is 0.161. The van der Waals surface area contributed by atoms with Crippen molar-refractivity contribution in [3.05, 3.63) is 63.6 Å². The van der Waals surface area contributed by atoms with Gasteiger partial charge in [-0.15, -0.1) is 0 Å². The summed E-state index contributed by atoms with van der Waals surface area (Å²) in [7, 11) is 1.70. The lowest BCUT2D eigenvalue weighted by Gasteiger charge is -2.30. The number of hydrogen-bond acceptors (Lipinski definition) is 3. The van der Waals surface area contributed by atoms with Crippen molar-refractivity contribution in [2.75, 3.05) is 7.11 Å². The van der Waals surface area contributed by atoms with Crippen LogP contribution in [0.1, 0.15) is 35.3 Å². The summed E-state index contributed by atoms with van der Waals surface area (Å²) in [6.07, 6.45) is 0.788. The lowest BCUT2D eigenvalue weighted by Crippen LogP contribution is -2.24. The first-order chi connectivity index (χ1) is 10.2. The summed E-state index contributed by atoms with van der Waals surface area (Å²) >= 11 is 3.48. The van der Waals surface area contributed by atoms with Crippen LogP contribution in [-0.4, -0.2) is 7.11 Å². The fourth-order valence-electron chi connectivity index (χ4n) is 2.67. The van der Waals surface area contributed by atoms with Crippen molar-refractivity contribution in [3.8, 4) is 5.75 Å². The molecular weight excluding hydrogens is 330 g/mol. The number of fused-ring (bicyclic) bond motifs is 1. The van der Waals surface area contributed by atoms with Gasteiger partial charge in [-0.25, -0.2) is 0 Å². The predicted molar refractivity (Wildman–Crippen MR) is 86.2 cm³/mol.